The molecule has 122 valence electrons. The lowest BCUT2D eigenvalue weighted by atomic mass is 10.1. The molecule has 6 heteroatoms. The van der Waals surface area contributed by atoms with E-state index in [0.29, 0.717) is 17.9 Å². The fraction of sp³-hybridized carbons (Fsp3) is 0.0526. The van der Waals surface area contributed by atoms with E-state index in [4.69, 9.17) is 0 Å². The zero-order valence-corrected chi connectivity index (χ0v) is 13.3. The maximum atomic E-state index is 12.2. The Kier molecular flexibility index (Phi) is 3.92. The molecule has 4 aromatic rings. The third kappa shape index (κ3) is 3.23. The zero-order valence-electron chi connectivity index (χ0n) is 13.3. The van der Waals surface area contributed by atoms with Crippen LogP contribution in [0, 0.1) is 0 Å². The Morgan fingerprint density at radius 3 is 2.56 bits per heavy atom. The minimum absolute atomic E-state index is 0.184. The van der Waals surface area contributed by atoms with E-state index in [1.165, 1.54) is 0 Å². The fourth-order valence-electron chi connectivity index (χ4n) is 2.59. The molecule has 0 aliphatic carbocycles. The minimum atomic E-state index is -0.184. The van der Waals surface area contributed by atoms with Gasteiger partial charge in [-0.15, -0.1) is 5.10 Å². The van der Waals surface area contributed by atoms with Crippen LogP contribution in [0.25, 0.3) is 11.0 Å². The molecule has 0 aliphatic rings. The van der Waals surface area contributed by atoms with Crippen molar-refractivity contribution in [3.05, 3.63) is 84.1 Å². The SMILES string of the molecule is O=C(Nc1ccccn1)c1ccc(Cn2nnc3ccccc32)cc1. The van der Waals surface area contributed by atoms with Crippen LogP contribution in [0.1, 0.15) is 15.9 Å². The number of rotatable bonds is 4. The normalized spacial score (nSPS) is 10.7. The average molecular weight is 329 g/mol. The molecule has 0 radical (unpaired) electrons. The summed E-state index contributed by atoms with van der Waals surface area (Å²) < 4.78 is 1.85. The Hall–Kier alpha value is -3.54. The third-order valence-corrected chi connectivity index (χ3v) is 3.88. The second-order valence-corrected chi connectivity index (χ2v) is 5.60. The average Bonchev–Trinajstić information content (AvgIpc) is 3.06. The number of para-hydroxylation sites is 1. The number of hydrogen-bond acceptors (Lipinski definition) is 4. The van der Waals surface area contributed by atoms with Gasteiger partial charge in [0.25, 0.3) is 5.91 Å². The summed E-state index contributed by atoms with van der Waals surface area (Å²) in [6, 6.07) is 20.7. The molecule has 2 aromatic heterocycles. The molecule has 0 unspecified atom stereocenters. The molecule has 4 rings (SSSR count). The summed E-state index contributed by atoms with van der Waals surface area (Å²) in [5.74, 6) is 0.349. The Labute approximate surface area is 144 Å². The molecule has 2 heterocycles. The molecule has 0 bridgehead atoms. The third-order valence-electron chi connectivity index (χ3n) is 3.88. The number of nitrogens with zero attached hydrogens (tertiary/aromatic N) is 4. The zero-order chi connectivity index (χ0) is 17.1. The van der Waals surface area contributed by atoms with Gasteiger partial charge in [-0.25, -0.2) is 9.67 Å². The number of carbonyl (C=O) groups is 1. The molecule has 0 saturated heterocycles. The Bertz CT molecular complexity index is 1010. The van der Waals surface area contributed by atoms with Crippen LogP contribution in [0.5, 0.6) is 0 Å². The molecular formula is C19H15N5O. The van der Waals surface area contributed by atoms with Gasteiger partial charge in [-0.2, -0.15) is 0 Å². The van der Waals surface area contributed by atoms with Crippen molar-refractivity contribution in [3.8, 4) is 0 Å². The van der Waals surface area contributed by atoms with Crippen molar-refractivity contribution < 1.29 is 4.79 Å². The van der Waals surface area contributed by atoms with Crippen LogP contribution in [-0.4, -0.2) is 25.9 Å². The smallest absolute Gasteiger partial charge is 0.256 e. The standard InChI is InChI=1S/C19H15N5O/c25-19(21-18-7-3-4-12-20-18)15-10-8-14(9-11-15)13-24-17-6-2-1-5-16(17)22-23-24/h1-12H,13H2,(H,20,21,25). The quantitative estimate of drug-likeness (QED) is 0.624. The van der Waals surface area contributed by atoms with Crippen molar-refractivity contribution in [2.45, 2.75) is 6.54 Å². The van der Waals surface area contributed by atoms with Gasteiger partial charge < -0.3 is 5.32 Å². The second kappa shape index (κ2) is 6.52. The summed E-state index contributed by atoms with van der Waals surface area (Å²) in [6.45, 7) is 0.600. The van der Waals surface area contributed by atoms with Crippen LogP contribution in [0.2, 0.25) is 0 Å². The number of anilines is 1. The van der Waals surface area contributed by atoms with Crippen molar-refractivity contribution >= 4 is 22.8 Å². The van der Waals surface area contributed by atoms with E-state index in [0.717, 1.165) is 16.6 Å². The van der Waals surface area contributed by atoms with Gasteiger partial charge in [-0.3, -0.25) is 4.79 Å². The topological polar surface area (TPSA) is 72.7 Å². The van der Waals surface area contributed by atoms with E-state index in [1.54, 1.807) is 30.5 Å². The van der Waals surface area contributed by atoms with Crippen LogP contribution in [0.15, 0.2) is 72.9 Å². The van der Waals surface area contributed by atoms with Gasteiger partial charge in [0.15, 0.2) is 0 Å². The van der Waals surface area contributed by atoms with Crippen molar-refractivity contribution in [2.24, 2.45) is 0 Å². The number of fused-ring (bicyclic) bond motifs is 1. The lowest BCUT2D eigenvalue weighted by molar-refractivity contribution is 0.102. The molecule has 0 spiro atoms. The molecular weight excluding hydrogens is 314 g/mol. The number of carbonyl (C=O) groups excluding carboxylic acids is 1. The molecule has 0 saturated carbocycles. The molecule has 0 aliphatic heterocycles. The first-order valence-corrected chi connectivity index (χ1v) is 7.89. The van der Waals surface area contributed by atoms with E-state index in [2.05, 4.69) is 20.6 Å². The molecule has 0 fully saturated rings. The highest BCUT2D eigenvalue weighted by atomic mass is 16.1. The highest BCUT2D eigenvalue weighted by Gasteiger charge is 2.08. The predicted molar refractivity (Wildman–Crippen MR) is 95.3 cm³/mol. The first-order valence-electron chi connectivity index (χ1n) is 7.89. The number of pyridine rings is 1. The van der Waals surface area contributed by atoms with Crippen LogP contribution in [0.4, 0.5) is 5.82 Å². The van der Waals surface area contributed by atoms with Crippen LogP contribution < -0.4 is 5.32 Å². The van der Waals surface area contributed by atoms with Gasteiger partial charge in [0.1, 0.15) is 11.3 Å². The van der Waals surface area contributed by atoms with Gasteiger partial charge in [0.05, 0.1) is 12.1 Å². The highest BCUT2D eigenvalue weighted by molar-refractivity contribution is 6.03. The molecule has 6 nitrogen and oxygen atoms in total. The van der Waals surface area contributed by atoms with Gasteiger partial charge in [-0.1, -0.05) is 35.5 Å². The Morgan fingerprint density at radius 2 is 1.76 bits per heavy atom. The van der Waals surface area contributed by atoms with E-state index in [-0.39, 0.29) is 5.91 Å². The van der Waals surface area contributed by atoms with E-state index >= 15 is 0 Å². The molecule has 0 atom stereocenters. The number of amides is 1. The summed E-state index contributed by atoms with van der Waals surface area (Å²) >= 11 is 0. The van der Waals surface area contributed by atoms with Gasteiger partial charge >= 0.3 is 0 Å². The van der Waals surface area contributed by atoms with Crippen molar-refractivity contribution in [2.75, 3.05) is 5.32 Å². The summed E-state index contributed by atoms with van der Waals surface area (Å²) in [6.07, 6.45) is 1.64. The summed E-state index contributed by atoms with van der Waals surface area (Å²) in [5, 5.41) is 11.1. The van der Waals surface area contributed by atoms with E-state index < -0.39 is 0 Å². The number of nitrogens with one attached hydrogen (secondary N) is 1. The summed E-state index contributed by atoms with van der Waals surface area (Å²) in [4.78, 5) is 16.3. The van der Waals surface area contributed by atoms with E-state index in [1.807, 2.05) is 47.1 Å². The highest BCUT2D eigenvalue weighted by Crippen LogP contribution is 2.13. The maximum absolute atomic E-state index is 12.2. The van der Waals surface area contributed by atoms with Gasteiger partial charge in [0.2, 0.25) is 0 Å². The van der Waals surface area contributed by atoms with E-state index in [9.17, 15) is 4.79 Å². The van der Waals surface area contributed by atoms with Crippen LogP contribution in [0.3, 0.4) is 0 Å². The van der Waals surface area contributed by atoms with Gasteiger partial charge in [0, 0.05) is 11.8 Å². The molecule has 2 aromatic carbocycles. The molecule has 1 amide bonds. The monoisotopic (exact) mass is 329 g/mol. The largest absolute Gasteiger partial charge is 0.307 e. The second-order valence-electron chi connectivity index (χ2n) is 5.60. The summed E-state index contributed by atoms with van der Waals surface area (Å²) in [7, 11) is 0. The fourth-order valence-corrected chi connectivity index (χ4v) is 2.59. The Morgan fingerprint density at radius 1 is 0.960 bits per heavy atom. The van der Waals surface area contributed by atoms with Crippen LogP contribution in [-0.2, 0) is 6.54 Å². The van der Waals surface area contributed by atoms with Crippen LogP contribution >= 0.6 is 0 Å². The first-order chi connectivity index (χ1) is 12.3. The number of hydrogen-bond donors (Lipinski definition) is 1. The van der Waals surface area contributed by atoms with Gasteiger partial charge in [-0.05, 0) is 42.0 Å². The lowest BCUT2D eigenvalue weighted by Gasteiger charge is -2.06. The minimum Gasteiger partial charge on any atom is -0.307 e. The first kappa shape index (κ1) is 15.0. The molecule has 25 heavy (non-hydrogen) atoms. The lowest BCUT2D eigenvalue weighted by Crippen LogP contribution is -2.12. The van der Waals surface area contributed by atoms with Crippen molar-refractivity contribution in [1.82, 2.24) is 20.0 Å². The number of benzene rings is 2. The summed E-state index contributed by atoms with van der Waals surface area (Å²) in [5.41, 5.74) is 3.48. The van der Waals surface area contributed by atoms with Crippen molar-refractivity contribution in [3.63, 3.8) is 0 Å². The Balaban J connectivity index is 1.49. The predicted octanol–water partition coefficient (Wildman–Crippen LogP) is 3.13. The molecule has 1 N–H and O–H groups in total. The number of aromatic nitrogens is 4. The maximum Gasteiger partial charge on any atom is 0.256 e. The van der Waals surface area contributed by atoms with Crippen molar-refractivity contribution in [1.29, 1.82) is 0 Å².